The van der Waals surface area contributed by atoms with Gasteiger partial charge in [0.1, 0.15) is 29.6 Å². The minimum Gasteiger partial charge on any atom is -0.472 e. The maximum atomic E-state index is 13.0. The molecule has 2 aromatic heterocycles. The number of rotatable bonds is 6. The summed E-state index contributed by atoms with van der Waals surface area (Å²) in [6, 6.07) is 5.87. The van der Waals surface area contributed by atoms with Crippen LogP contribution in [0.15, 0.2) is 28.9 Å². The molecule has 1 aromatic carbocycles. The lowest BCUT2D eigenvalue weighted by molar-refractivity contribution is 0.0941. The van der Waals surface area contributed by atoms with E-state index >= 15 is 0 Å². The minimum absolute atomic E-state index is 0.217. The van der Waals surface area contributed by atoms with Gasteiger partial charge in [-0.1, -0.05) is 5.16 Å². The molecule has 0 radical (unpaired) electrons. The lowest BCUT2D eigenvalue weighted by atomic mass is 10.2. The van der Waals surface area contributed by atoms with Crippen molar-refractivity contribution in [1.82, 2.24) is 25.6 Å². The van der Waals surface area contributed by atoms with Gasteiger partial charge in [-0.2, -0.15) is 0 Å². The lowest BCUT2D eigenvalue weighted by Crippen LogP contribution is -2.29. The van der Waals surface area contributed by atoms with Crippen LogP contribution in [0.5, 0.6) is 5.88 Å². The quantitative estimate of drug-likeness (QED) is 0.662. The van der Waals surface area contributed by atoms with Crippen LogP contribution in [0, 0.1) is 19.7 Å². The lowest BCUT2D eigenvalue weighted by Gasteiger charge is -2.04. The first-order valence-electron chi connectivity index (χ1n) is 7.57. The topological polar surface area (TPSA) is 106 Å². The van der Waals surface area contributed by atoms with E-state index in [4.69, 9.17) is 4.74 Å². The Morgan fingerprint density at radius 3 is 2.72 bits per heavy atom. The second kappa shape index (κ2) is 7.12. The third kappa shape index (κ3) is 3.82. The highest BCUT2D eigenvalue weighted by Crippen LogP contribution is 2.18. The predicted octanol–water partition coefficient (Wildman–Crippen LogP) is 2.02. The van der Waals surface area contributed by atoms with Gasteiger partial charge < -0.3 is 15.0 Å². The molecule has 25 heavy (non-hydrogen) atoms. The SMILES string of the molecule is Cc1nonc1OCCNC(=O)c1nc(-c2ccc(F)cc2)[nH]c1C. The molecule has 9 heteroatoms. The Bertz CT molecular complexity index is 872. The molecule has 1 amide bonds. The zero-order valence-electron chi connectivity index (χ0n) is 13.7. The number of halogens is 1. The van der Waals surface area contributed by atoms with Crippen LogP contribution in [0.1, 0.15) is 21.9 Å². The number of amides is 1. The number of aromatic amines is 1. The van der Waals surface area contributed by atoms with Crippen molar-refractivity contribution in [2.45, 2.75) is 13.8 Å². The average Bonchev–Trinajstić information content (AvgIpc) is 3.18. The van der Waals surface area contributed by atoms with Crippen molar-refractivity contribution in [3.8, 4) is 17.3 Å². The molecule has 0 aliphatic heterocycles. The van der Waals surface area contributed by atoms with E-state index in [1.54, 1.807) is 26.0 Å². The fourth-order valence-electron chi connectivity index (χ4n) is 2.18. The van der Waals surface area contributed by atoms with Gasteiger partial charge in [0.25, 0.3) is 11.8 Å². The monoisotopic (exact) mass is 345 g/mol. The van der Waals surface area contributed by atoms with E-state index in [1.807, 2.05) is 0 Å². The molecule has 8 nitrogen and oxygen atoms in total. The molecule has 2 heterocycles. The van der Waals surface area contributed by atoms with Gasteiger partial charge in [-0.25, -0.2) is 14.0 Å². The van der Waals surface area contributed by atoms with Crippen molar-refractivity contribution < 1.29 is 18.6 Å². The molecule has 0 fully saturated rings. The Kier molecular flexibility index (Phi) is 4.73. The van der Waals surface area contributed by atoms with E-state index in [0.717, 1.165) is 0 Å². The molecule has 0 bridgehead atoms. The molecule has 130 valence electrons. The molecule has 3 aromatic rings. The largest absolute Gasteiger partial charge is 0.472 e. The number of nitrogens with one attached hydrogen (secondary N) is 2. The number of carbonyl (C=O) groups is 1. The molecule has 3 rings (SSSR count). The molecule has 0 unspecified atom stereocenters. The molecule has 0 aliphatic rings. The normalized spacial score (nSPS) is 10.7. The third-order valence-electron chi connectivity index (χ3n) is 3.45. The standard InChI is InChI=1S/C16H16FN5O3/c1-9-13(20-14(19-9)11-3-5-12(17)6-4-11)15(23)18-7-8-24-16-10(2)21-25-22-16/h3-6H,7-8H2,1-2H3,(H,18,23)(H,19,20). The Morgan fingerprint density at radius 1 is 1.28 bits per heavy atom. The summed E-state index contributed by atoms with van der Waals surface area (Å²) in [6.45, 7) is 3.93. The van der Waals surface area contributed by atoms with Crippen molar-refractivity contribution >= 4 is 5.91 Å². The number of H-pyrrole nitrogens is 1. The molecule has 0 atom stereocenters. The average molecular weight is 345 g/mol. The molecular formula is C16H16FN5O3. The van der Waals surface area contributed by atoms with Gasteiger partial charge >= 0.3 is 0 Å². The fraction of sp³-hybridized carbons (Fsp3) is 0.250. The number of aromatic nitrogens is 4. The smallest absolute Gasteiger partial charge is 0.278 e. The third-order valence-corrected chi connectivity index (χ3v) is 3.45. The van der Waals surface area contributed by atoms with Gasteiger partial charge in [-0.3, -0.25) is 4.79 Å². The summed E-state index contributed by atoms with van der Waals surface area (Å²) in [5.74, 6) is 0.134. The van der Waals surface area contributed by atoms with Crippen LogP contribution in [-0.4, -0.2) is 39.3 Å². The molecule has 0 saturated heterocycles. The van der Waals surface area contributed by atoms with E-state index in [0.29, 0.717) is 28.7 Å². The minimum atomic E-state index is -0.333. The van der Waals surface area contributed by atoms with E-state index in [-0.39, 0.29) is 30.6 Å². The highest BCUT2D eigenvalue weighted by molar-refractivity contribution is 5.94. The van der Waals surface area contributed by atoms with E-state index in [9.17, 15) is 9.18 Å². The van der Waals surface area contributed by atoms with E-state index in [2.05, 4.69) is 30.2 Å². The summed E-state index contributed by atoms with van der Waals surface area (Å²) in [5.41, 5.74) is 2.13. The van der Waals surface area contributed by atoms with Crippen LogP contribution >= 0.6 is 0 Å². The fourth-order valence-corrected chi connectivity index (χ4v) is 2.18. The molecule has 0 saturated carbocycles. The summed E-state index contributed by atoms with van der Waals surface area (Å²) >= 11 is 0. The van der Waals surface area contributed by atoms with Gasteiger partial charge in [0.05, 0.1) is 6.54 Å². The number of hydrogen-bond donors (Lipinski definition) is 2. The van der Waals surface area contributed by atoms with Gasteiger partial charge in [-0.05, 0) is 43.3 Å². The number of hydrogen-bond acceptors (Lipinski definition) is 6. The van der Waals surface area contributed by atoms with Crippen molar-refractivity contribution in [3.63, 3.8) is 0 Å². The number of carbonyl (C=O) groups excluding carboxylic acids is 1. The van der Waals surface area contributed by atoms with Crippen molar-refractivity contribution in [3.05, 3.63) is 47.2 Å². The number of imidazole rings is 1. The first-order chi connectivity index (χ1) is 12.0. The van der Waals surface area contributed by atoms with Gasteiger partial charge in [-0.15, -0.1) is 0 Å². The highest BCUT2D eigenvalue weighted by Gasteiger charge is 2.15. The second-order valence-electron chi connectivity index (χ2n) is 5.33. The number of aryl methyl sites for hydroxylation is 2. The van der Waals surface area contributed by atoms with E-state index < -0.39 is 0 Å². The second-order valence-corrected chi connectivity index (χ2v) is 5.33. The molecule has 2 N–H and O–H groups in total. The number of benzene rings is 1. The van der Waals surface area contributed by atoms with Crippen LogP contribution < -0.4 is 10.1 Å². The summed E-state index contributed by atoms with van der Waals surface area (Å²) in [4.78, 5) is 19.5. The van der Waals surface area contributed by atoms with Crippen LogP contribution in [0.4, 0.5) is 4.39 Å². The Balaban J connectivity index is 1.58. The first kappa shape index (κ1) is 16.6. The zero-order chi connectivity index (χ0) is 17.8. The highest BCUT2D eigenvalue weighted by atomic mass is 19.1. The Labute approximate surface area is 142 Å². The summed E-state index contributed by atoms with van der Waals surface area (Å²) < 4.78 is 22.8. The van der Waals surface area contributed by atoms with E-state index in [1.165, 1.54) is 12.1 Å². The Morgan fingerprint density at radius 2 is 2.04 bits per heavy atom. The van der Waals surface area contributed by atoms with Crippen molar-refractivity contribution in [1.29, 1.82) is 0 Å². The first-order valence-corrected chi connectivity index (χ1v) is 7.57. The molecular weight excluding hydrogens is 329 g/mol. The maximum absolute atomic E-state index is 13.0. The molecule has 0 aliphatic carbocycles. The molecule has 0 spiro atoms. The van der Waals surface area contributed by atoms with Crippen LogP contribution in [0.3, 0.4) is 0 Å². The van der Waals surface area contributed by atoms with Crippen molar-refractivity contribution in [2.24, 2.45) is 0 Å². The van der Waals surface area contributed by atoms with Gasteiger partial charge in [0.2, 0.25) is 0 Å². The summed E-state index contributed by atoms with van der Waals surface area (Å²) in [6.07, 6.45) is 0. The van der Waals surface area contributed by atoms with Crippen LogP contribution in [0.25, 0.3) is 11.4 Å². The number of ether oxygens (including phenoxy) is 1. The predicted molar refractivity (Wildman–Crippen MR) is 85.6 cm³/mol. The zero-order valence-corrected chi connectivity index (χ0v) is 13.7. The van der Waals surface area contributed by atoms with Gasteiger partial charge in [0.15, 0.2) is 0 Å². The number of nitrogens with zero attached hydrogens (tertiary/aromatic N) is 3. The maximum Gasteiger partial charge on any atom is 0.278 e. The van der Waals surface area contributed by atoms with Crippen molar-refractivity contribution in [2.75, 3.05) is 13.2 Å². The summed E-state index contributed by atoms with van der Waals surface area (Å²) in [5, 5.41) is 9.88. The summed E-state index contributed by atoms with van der Waals surface area (Å²) in [7, 11) is 0. The Hall–Kier alpha value is -3.23. The van der Waals surface area contributed by atoms with Gasteiger partial charge in [0, 0.05) is 11.3 Å². The van der Waals surface area contributed by atoms with Crippen LogP contribution in [0.2, 0.25) is 0 Å². The van der Waals surface area contributed by atoms with Crippen LogP contribution in [-0.2, 0) is 0 Å².